The molecule has 0 fully saturated rings. The Morgan fingerprint density at radius 1 is 1.35 bits per heavy atom. The molecule has 0 unspecified atom stereocenters. The Kier molecular flexibility index (Phi) is 3.48. The maximum atomic E-state index is 4.69. The Morgan fingerprint density at radius 3 is 2.76 bits per heavy atom. The first kappa shape index (κ1) is 12.1. The lowest BCUT2D eigenvalue weighted by atomic mass is 10.1. The predicted octanol–water partition coefficient (Wildman–Crippen LogP) is 2.63. The lowest BCUT2D eigenvalue weighted by Gasteiger charge is -2.08. The third kappa shape index (κ3) is 2.34. The first-order valence-electron chi connectivity index (χ1n) is 6.30. The van der Waals surface area contributed by atoms with Gasteiger partial charge in [0.05, 0.1) is 17.6 Å². The summed E-state index contributed by atoms with van der Waals surface area (Å²) >= 11 is 0. The monoisotopic (exact) mass is 231 g/mol. The number of hydrogen-bond donors (Lipinski definition) is 1. The summed E-state index contributed by atoms with van der Waals surface area (Å²) in [4.78, 5) is 4.69. The van der Waals surface area contributed by atoms with Crippen LogP contribution in [0.2, 0.25) is 0 Å². The Morgan fingerprint density at radius 2 is 2.12 bits per heavy atom. The molecule has 17 heavy (non-hydrogen) atoms. The Bertz CT molecular complexity index is 511. The van der Waals surface area contributed by atoms with Crippen molar-refractivity contribution in [3.05, 3.63) is 29.6 Å². The summed E-state index contributed by atoms with van der Waals surface area (Å²) in [6.45, 7) is 7.32. The molecule has 0 saturated heterocycles. The molecule has 1 aromatic carbocycles. The maximum Gasteiger partial charge on any atom is 0.123 e. The molecule has 0 aliphatic carbocycles. The van der Waals surface area contributed by atoms with Crippen LogP contribution in [0.5, 0.6) is 0 Å². The molecule has 0 radical (unpaired) electrons. The summed E-state index contributed by atoms with van der Waals surface area (Å²) in [6, 6.07) is 6.85. The van der Waals surface area contributed by atoms with Gasteiger partial charge in [0.15, 0.2) is 0 Å². The van der Waals surface area contributed by atoms with Gasteiger partial charge in [-0.3, -0.25) is 0 Å². The summed E-state index contributed by atoms with van der Waals surface area (Å²) in [5, 5.41) is 3.42. The van der Waals surface area contributed by atoms with Gasteiger partial charge >= 0.3 is 0 Å². The SMILES string of the molecule is CCc1cccc2nc(CNC(C)C)n(C)c12. The van der Waals surface area contributed by atoms with E-state index in [1.807, 2.05) is 0 Å². The molecule has 3 heteroatoms. The van der Waals surface area contributed by atoms with Crippen LogP contribution in [0, 0.1) is 0 Å². The van der Waals surface area contributed by atoms with Gasteiger partial charge in [-0.1, -0.05) is 32.9 Å². The minimum atomic E-state index is 0.487. The highest BCUT2D eigenvalue weighted by Crippen LogP contribution is 2.19. The second kappa shape index (κ2) is 4.88. The number of benzene rings is 1. The fourth-order valence-electron chi connectivity index (χ4n) is 2.14. The molecule has 0 spiro atoms. The summed E-state index contributed by atoms with van der Waals surface area (Å²) in [5.41, 5.74) is 3.75. The fourth-order valence-corrected chi connectivity index (χ4v) is 2.14. The highest BCUT2D eigenvalue weighted by molar-refractivity contribution is 5.79. The van der Waals surface area contributed by atoms with E-state index in [1.54, 1.807) is 0 Å². The van der Waals surface area contributed by atoms with Gasteiger partial charge in [0, 0.05) is 13.1 Å². The number of aromatic nitrogens is 2. The zero-order chi connectivity index (χ0) is 12.4. The number of nitrogens with one attached hydrogen (secondary N) is 1. The zero-order valence-corrected chi connectivity index (χ0v) is 11.1. The van der Waals surface area contributed by atoms with Gasteiger partial charge in [0.25, 0.3) is 0 Å². The molecule has 2 aromatic rings. The van der Waals surface area contributed by atoms with Gasteiger partial charge in [0.2, 0.25) is 0 Å². The van der Waals surface area contributed by atoms with Crippen LogP contribution in [0.25, 0.3) is 11.0 Å². The van der Waals surface area contributed by atoms with Crippen LogP contribution in [-0.2, 0) is 20.0 Å². The first-order valence-corrected chi connectivity index (χ1v) is 6.30. The van der Waals surface area contributed by atoms with Gasteiger partial charge in [-0.2, -0.15) is 0 Å². The molecule has 1 aromatic heterocycles. The van der Waals surface area contributed by atoms with E-state index in [-0.39, 0.29) is 0 Å². The molecule has 0 aliphatic rings. The number of rotatable bonds is 4. The molecular formula is C14H21N3. The smallest absolute Gasteiger partial charge is 0.123 e. The standard InChI is InChI=1S/C14H21N3/c1-5-11-7-6-8-12-14(11)17(4)13(16-12)9-15-10(2)3/h6-8,10,15H,5,9H2,1-4H3. The van der Waals surface area contributed by atoms with E-state index in [0.29, 0.717) is 6.04 Å². The Balaban J connectivity index is 2.42. The van der Waals surface area contributed by atoms with Gasteiger partial charge in [-0.15, -0.1) is 0 Å². The van der Waals surface area contributed by atoms with Gasteiger partial charge in [-0.05, 0) is 18.1 Å². The third-order valence-electron chi connectivity index (χ3n) is 3.12. The van der Waals surface area contributed by atoms with Crippen molar-refractivity contribution in [2.75, 3.05) is 0 Å². The van der Waals surface area contributed by atoms with Crippen LogP contribution < -0.4 is 5.32 Å². The van der Waals surface area contributed by atoms with Crippen molar-refractivity contribution in [1.82, 2.24) is 14.9 Å². The predicted molar refractivity (Wildman–Crippen MR) is 72.1 cm³/mol. The van der Waals surface area contributed by atoms with Crippen LogP contribution in [0.1, 0.15) is 32.2 Å². The minimum Gasteiger partial charge on any atom is -0.330 e. The van der Waals surface area contributed by atoms with Gasteiger partial charge < -0.3 is 9.88 Å². The number of para-hydroxylation sites is 1. The molecule has 1 heterocycles. The summed E-state index contributed by atoms with van der Waals surface area (Å²) < 4.78 is 2.21. The van der Waals surface area contributed by atoms with Crippen molar-refractivity contribution in [1.29, 1.82) is 0 Å². The molecule has 2 rings (SSSR count). The summed E-state index contributed by atoms with van der Waals surface area (Å²) in [6.07, 6.45) is 1.05. The maximum absolute atomic E-state index is 4.69. The van der Waals surface area contributed by atoms with Crippen LogP contribution >= 0.6 is 0 Å². The number of nitrogens with zero attached hydrogens (tertiary/aromatic N) is 2. The summed E-state index contributed by atoms with van der Waals surface area (Å²) in [7, 11) is 2.10. The van der Waals surface area contributed by atoms with E-state index in [4.69, 9.17) is 4.98 Å². The second-order valence-electron chi connectivity index (χ2n) is 4.76. The van der Waals surface area contributed by atoms with Crippen molar-refractivity contribution < 1.29 is 0 Å². The van der Waals surface area contributed by atoms with Gasteiger partial charge in [0.1, 0.15) is 5.82 Å². The molecule has 0 amide bonds. The molecule has 92 valence electrons. The van der Waals surface area contributed by atoms with Crippen molar-refractivity contribution in [3.8, 4) is 0 Å². The Hall–Kier alpha value is -1.35. The summed E-state index contributed by atoms with van der Waals surface area (Å²) in [5.74, 6) is 1.11. The highest BCUT2D eigenvalue weighted by Gasteiger charge is 2.10. The van der Waals surface area contributed by atoms with Crippen molar-refractivity contribution in [3.63, 3.8) is 0 Å². The van der Waals surface area contributed by atoms with E-state index < -0.39 is 0 Å². The van der Waals surface area contributed by atoms with E-state index in [9.17, 15) is 0 Å². The minimum absolute atomic E-state index is 0.487. The number of hydrogen-bond acceptors (Lipinski definition) is 2. The van der Waals surface area contributed by atoms with Crippen molar-refractivity contribution in [2.45, 2.75) is 39.8 Å². The topological polar surface area (TPSA) is 29.9 Å². The number of imidazole rings is 1. The largest absolute Gasteiger partial charge is 0.330 e. The molecule has 0 bridgehead atoms. The fraction of sp³-hybridized carbons (Fsp3) is 0.500. The average Bonchev–Trinajstić information content (AvgIpc) is 2.64. The van der Waals surface area contributed by atoms with Crippen molar-refractivity contribution >= 4 is 11.0 Å². The lowest BCUT2D eigenvalue weighted by molar-refractivity contribution is 0.563. The second-order valence-corrected chi connectivity index (χ2v) is 4.76. The molecule has 0 saturated carbocycles. The normalized spacial score (nSPS) is 11.6. The van der Waals surface area contributed by atoms with Gasteiger partial charge in [-0.25, -0.2) is 4.98 Å². The average molecular weight is 231 g/mol. The van der Waals surface area contributed by atoms with E-state index in [1.165, 1.54) is 11.1 Å². The first-order chi connectivity index (χ1) is 8.13. The molecule has 0 aliphatic heterocycles. The van der Waals surface area contributed by atoms with Crippen LogP contribution in [0.3, 0.4) is 0 Å². The van der Waals surface area contributed by atoms with Crippen LogP contribution in [0.15, 0.2) is 18.2 Å². The number of aryl methyl sites for hydroxylation is 2. The lowest BCUT2D eigenvalue weighted by Crippen LogP contribution is -2.23. The molecule has 3 nitrogen and oxygen atoms in total. The highest BCUT2D eigenvalue weighted by atomic mass is 15.1. The molecule has 1 N–H and O–H groups in total. The van der Waals surface area contributed by atoms with Crippen LogP contribution in [-0.4, -0.2) is 15.6 Å². The quantitative estimate of drug-likeness (QED) is 0.876. The molecule has 0 atom stereocenters. The molecular weight excluding hydrogens is 210 g/mol. The number of fused-ring (bicyclic) bond motifs is 1. The zero-order valence-electron chi connectivity index (χ0n) is 11.1. The van der Waals surface area contributed by atoms with E-state index in [0.717, 1.165) is 24.3 Å². The third-order valence-corrected chi connectivity index (χ3v) is 3.12. The van der Waals surface area contributed by atoms with E-state index in [2.05, 4.69) is 55.9 Å². The Labute approximate surface area is 103 Å². The van der Waals surface area contributed by atoms with Crippen molar-refractivity contribution in [2.24, 2.45) is 7.05 Å². The van der Waals surface area contributed by atoms with E-state index >= 15 is 0 Å². The van der Waals surface area contributed by atoms with Crippen LogP contribution in [0.4, 0.5) is 0 Å².